The molecule has 1 fully saturated rings. The van der Waals surface area contributed by atoms with Crippen molar-refractivity contribution in [3.05, 3.63) is 65.9 Å². The van der Waals surface area contributed by atoms with Crippen LogP contribution in [-0.2, 0) is 27.2 Å². The van der Waals surface area contributed by atoms with Crippen LogP contribution < -0.4 is 16.0 Å². The second kappa shape index (κ2) is 10.4. The number of carbonyl (C=O) groups excluding carboxylic acids is 2. The number of fused-ring (bicyclic) bond motifs is 1. The SMILES string of the molecule is O=C(O)C(Cc1ccc(O)cc1)NC(=O)C(Cc1c[nH]c2ccccc12)NC(=O)C1CCCN1. The molecule has 6 N–H and O–H groups in total. The molecule has 0 bridgehead atoms. The smallest absolute Gasteiger partial charge is 0.326 e. The molecule has 1 aliphatic rings. The number of phenolic OH excluding ortho intramolecular Hbond substituents is 1. The van der Waals surface area contributed by atoms with Gasteiger partial charge in [-0.3, -0.25) is 9.59 Å². The zero-order valence-corrected chi connectivity index (χ0v) is 18.6. The van der Waals surface area contributed by atoms with Gasteiger partial charge < -0.3 is 31.1 Å². The Bertz CT molecular complexity index is 1170. The van der Waals surface area contributed by atoms with Gasteiger partial charge in [0.25, 0.3) is 0 Å². The monoisotopic (exact) mass is 464 g/mol. The third kappa shape index (κ3) is 5.55. The number of rotatable bonds is 9. The first kappa shape index (κ1) is 23.3. The maximum absolute atomic E-state index is 13.3. The van der Waals surface area contributed by atoms with Crippen LogP contribution in [0.4, 0.5) is 0 Å². The molecule has 34 heavy (non-hydrogen) atoms. The first-order chi connectivity index (χ1) is 16.4. The number of carbonyl (C=O) groups is 3. The van der Waals surface area contributed by atoms with Crippen molar-refractivity contribution in [3.63, 3.8) is 0 Å². The molecular weight excluding hydrogens is 436 g/mol. The van der Waals surface area contributed by atoms with Gasteiger partial charge in [0.2, 0.25) is 11.8 Å². The average Bonchev–Trinajstić information content (AvgIpc) is 3.50. The molecule has 0 spiro atoms. The number of amides is 2. The van der Waals surface area contributed by atoms with Gasteiger partial charge >= 0.3 is 5.97 Å². The zero-order chi connectivity index (χ0) is 24.1. The van der Waals surface area contributed by atoms with Crippen LogP contribution >= 0.6 is 0 Å². The van der Waals surface area contributed by atoms with Gasteiger partial charge in [-0.25, -0.2) is 4.79 Å². The van der Waals surface area contributed by atoms with Crippen molar-refractivity contribution in [1.29, 1.82) is 0 Å². The van der Waals surface area contributed by atoms with Crippen LogP contribution in [0.2, 0.25) is 0 Å². The number of hydrogen-bond donors (Lipinski definition) is 6. The lowest BCUT2D eigenvalue weighted by Gasteiger charge is -2.23. The average molecular weight is 465 g/mol. The summed E-state index contributed by atoms with van der Waals surface area (Å²) in [5, 5.41) is 28.6. The fourth-order valence-electron chi connectivity index (χ4n) is 4.25. The summed E-state index contributed by atoms with van der Waals surface area (Å²) in [5.41, 5.74) is 2.41. The van der Waals surface area contributed by atoms with Crippen molar-refractivity contribution in [2.75, 3.05) is 6.54 Å². The van der Waals surface area contributed by atoms with Crippen LogP contribution in [0.5, 0.6) is 5.75 Å². The van der Waals surface area contributed by atoms with Crippen LogP contribution in [0.25, 0.3) is 10.9 Å². The highest BCUT2D eigenvalue weighted by Crippen LogP contribution is 2.20. The lowest BCUT2D eigenvalue weighted by molar-refractivity contribution is -0.142. The number of H-pyrrole nitrogens is 1. The Morgan fingerprint density at radius 3 is 2.47 bits per heavy atom. The zero-order valence-electron chi connectivity index (χ0n) is 18.6. The Morgan fingerprint density at radius 1 is 1.00 bits per heavy atom. The number of aromatic nitrogens is 1. The molecule has 1 saturated heterocycles. The third-order valence-corrected chi connectivity index (χ3v) is 6.10. The number of phenols is 1. The van der Waals surface area contributed by atoms with E-state index in [0.717, 1.165) is 29.4 Å². The lowest BCUT2D eigenvalue weighted by atomic mass is 10.0. The van der Waals surface area contributed by atoms with E-state index >= 15 is 0 Å². The summed E-state index contributed by atoms with van der Waals surface area (Å²) in [4.78, 5) is 41.1. The van der Waals surface area contributed by atoms with Gasteiger partial charge in [0.1, 0.15) is 17.8 Å². The predicted molar refractivity (Wildman–Crippen MR) is 126 cm³/mol. The van der Waals surface area contributed by atoms with Crippen molar-refractivity contribution in [3.8, 4) is 5.75 Å². The highest BCUT2D eigenvalue weighted by atomic mass is 16.4. The molecule has 1 aromatic heterocycles. The van der Waals surface area contributed by atoms with Crippen molar-refractivity contribution in [2.24, 2.45) is 0 Å². The second-order valence-electron chi connectivity index (χ2n) is 8.54. The molecule has 3 unspecified atom stereocenters. The molecule has 3 atom stereocenters. The number of carboxylic acids is 1. The van der Waals surface area contributed by atoms with Gasteiger partial charge in [-0.05, 0) is 48.7 Å². The van der Waals surface area contributed by atoms with Crippen molar-refractivity contribution in [2.45, 2.75) is 43.8 Å². The number of aromatic amines is 1. The molecule has 9 nitrogen and oxygen atoms in total. The Labute approximate surface area is 196 Å². The minimum absolute atomic E-state index is 0.0410. The van der Waals surface area contributed by atoms with Crippen LogP contribution in [0.15, 0.2) is 54.7 Å². The molecule has 2 aromatic carbocycles. The van der Waals surface area contributed by atoms with E-state index in [1.807, 2.05) is 24.3 Å². The highest BCUT2D eigenvalue weighted by Gasteiger charge is 2.30. The summed E-state index contributed by atoms with van der Waals surface area (Å²) in [7, 11) is 0. The molecule has 3 aromatic rings. The van der Waals surface area contributed by atoms with Crippen molar-refractivity contribution >= 4 is 28.7 Å². The van der Waals surface area contributed by atoms with Crippen LogP contribution in [0.3, 0.4) is 0 Å². The maximum atomic E-state index is 13.3. The van der Waals surface area contributed by atoms with Gasteiger partial charge in [-0.2, -0.15) is 0 Å². The summed E-state index contributed by atoms with van der Waals surface area (Å²) in [6, 6.07) is 11.3. The first-order valence-corrected chi connectivity index (χ1v) is 11.3. The summed E-state index contributed by atoms with van der Waals surface area (Å²) in [6.45, 7) is 0.741. The van der Waals surface area contributed by atoms with E-state index in [4.69, 9.17) is 0 Å². The van der Waals surface area contributed by atoms with E-state index in [-0.39, 0.29) is 30.5 Å². The molecule has 178 valence electrons. The minimum atomic E-state index is -1.19. The topological polar surface area (TPSA) is 144 Å². The fourth-order valence-corrected chi connectivity index (χ4v) is 4.25. The van der Waals surface area contributed by atoms with Crippen molar-refractivity contribution < 1.29 is 24.6 Å². The van der Waals surface area contributed by atoms with E-state index in [9.17, 15) is 24.6 Å². The Morgan fingerprint density at radius 2 is 1.76 bits per heavy atom. The molecule has 0 aliphatic carbocycles. The van der Waals surface area contributed by atoms with Crippen LogP contribution in [-0.4, -0.2) is 57.7 Å². The third-order valence-electron chi connectivity index (χ3n) is 6.10. The largest absolute Gasteiger partial charge is 0.508 e. The molecule has 0 radical (unpaired) electrons. The Hall–Kier alpha value is -3.85. The number of benzene rings is 2. The van der Waals surface area contributed by atoms with Crippen molar-refractivity contribution in [1.82, 2.24) is 20.9 Å². The fraction of sp³-hybridized carbons (Fsp3) is 0.320. The second-order valence-corrected chi connectivity index (χ2v) is 8.54. The van der Waals surface area contributed by atoms with Crippen LogP contribution in [0.1, 0.15) is 24.0 Å². The molecule has 4 rings (SSSR count). The van der Waals surface area contributed by atoms with Gasteiger partial charge in [0.05, 0.1) is 6.04 Å². The van der Waals surface area contributed by atoms with E-state index < -0.39 is 24.0 Å². The lowest BCUT2D eigenvalue weighted by Crippen LogP contribution is -2.55. The van der Waals surface area contributed by atoms with Crippen LogP contribution in [0, 0.1) is 0 Å². The predicted octanol–water partition coefficient (Wildman–Crippen LogP) is 1.46. The maximum Gasteiger partial charge on any atom is 0.326 e. The minimum Gasteiger partial charge on any atom is -0.508 e. The highest BCUT2D eigenvalue weighted by molar-refractivity contribution is 5.93. The number of carboxylic acid groups (broad SMARTS) is 1. The van der Waals surface area contributed by atoms with E-state index in [2.05, 4.69) is 20.9 Å². The Kier molecular flexibility index (Phi) is 7.12. The normalized spacial score (nSPS) is 17.2. The first-order valence-electron chi connectivity index (χ1n) is 11.3. The molecule has 1 aliphatic heterocycles. The summed E-state index contributed by atoms with van der Waals surface area (Å²) < 4.78 is 0. The molecule has 9 heteroatoms. The van der Waals surface area contributed by atoms with E-state index in [1.54, 1.807) is 18.3 Å². The van der Waals surface area contributed by atoms with Gasteiger partial charge in [0, 0.05) is 29.9 Å². The molecule has 2 amide bonds. The number of aromatic hydroxyl groups is 1. The van der Waals surface area contributed by atoms with Gasteiger partial charge in [-0.1, -0.05) is 30.3 Å². The molecular formula is C25H28N4O5. The standard InChI is InChI=1S/C25H28N4O5/c30-17-9-7-15(8-10-17)12-22(25(33)34)29-24(32)21(28-23(31)20-6-3-11-26-20)13-16-14-27-19-5-2-1-4-18(16)19/h1-2,4-5,7-10,14,20-22,26-27,30H,3,6,11-13H2,(H,28,31)(H,29,32)(H,33,34). The summed E-state index contributed by atoms with van der Waals surface area (Å²) in [5.74, 6) is -1.96. The summed E-state index contributed by atoms with van der Waals surface area (Å²) in [6.07, 6.45) is 3.62. The number of para-hydroxylation sites is 1. The van der Waals surface area contributed by atoms with E-state index in [1.165, 1.54) is 12.1 Å². The van der Waals surface area contributed by atoms with E-state index in [0.29, 0.717) is 12.0 Å². The number of aliphatic carboxylic acids is 1. The van der Waals surface area contributed by atoms with Gasteiger partial charge in [-0.15, -0.1) is 0 Å². The summed E-state index contributed by atoms with van der Waals surface area (Å²) >= 11 is 0. The molecule has 0 saturated carbocycles. The molecule has 2 heterocycles. The Balaban J connectivity index is 1.53. The number of hydrogen-bond acceptors (Lipinski definition) is 5. The van der Waals surface area contributed by atoms with Gasteiger partial charge in [0.15, 0.2) is 0 Å². The number of nitrogens with one attached hydrogen (secondary N) is 4. The quantitative estimate of drug-likeness (QED) is 0.283.